The van der Waals surface area contributed by atoms with Gasteiger partial charge in [0.05, 0.1) is 22.7 Å². The number of hydrogen-bond acceptors (Lipinski definition) is 6. The normalized spacial score (nSPS) is 10.4. The van der Waals surface area contributed by atoms with E-state index < -0.39 is 23.6 Å². The van der Waals surface area contributed by atoms with Crippen molar-refractivity contribution in [3.05, 3.63) is 107 Å². The maximum Gasteiger partial charge on any atom is 0.255 e. The van der Waals surface area contributed by atoms with E-state index in [-0.39, 0.29) is 22.3 Å². The molecule has 0 aliphatic rings. The van der Waals surface area contributed by atoms with Crippen LogP contribution in [-0.2, 0) is 0 Å². The van der Waals surface area contributed by atoms with E-state index in [1.165, 1.54) is 24.3 Å². The Balaban J connectivity index is 1.59. The first-order chi connectivity index (χ1) is 18.1. The molecule has 0 aromatic heterocycles. The van der Waals surface area contributed by atoms with Crippen LogP contribution in [0.5, 0.6) is 0 Å². The summed E-state index contributed by atoms with van der Waals surface area (Å²) in [5.41, 5.74) is 26.4. The lowest BCUT2D eigenvalue weighted by Gasteiger charge is -2.13. The van der Waals surface area contributed by atoms with E-state index in [1.807, 2.05) is 0 Å². The zero-order valence-corrected chi connectivity index (χ0v) is 20.0. The molecule has 0 fully saturated rings. The molecule has 10 N–H and O–H groups in total. The minimum Gasteiger partial charge on any atom is -0.397 e. The first-order valence-electron chi connectivity index (χ1n) is 11.3. The minimum atomic E-state index is -0.645. The van der Waals surface area contributed by atoms with Gasteiger partial charge in [-0.15, -0.1) is 0 Å². The van der Waals surface area contributed by atoms with Crippen LogP contribution >= 0.6 is 0 Å². The van der Waals surface area contributed by atoms with Gasteiger partial charge in [-0.2, -0.15) is 0 Å². The molecule has 10 nitrogen and oxygen atoms in total. The van der Waals surface area contributed by atoms with Gasteiger partial charge in [0.15, 0.2) is 0 Å². The fraction of sp³-hybridized carbons (Fsp3) is 0. The summed E-state index contributed by atoms with van der Waals surface area (Å²) < 4.78 is 0. The second-order valence-corrected chi connectivity index (χ2v) is 8.40. The fourth-order valence-corrected chi connectivity index (χ4v) is 3.70. The lowest BCUT2D eigenvalue weighted by Crippen LogP contribution is -2.16. The molecule has 4 aromatic rings. The Morgan fingerprint density at radius 2 is 0.868 bits per heavy atom. The Morgan fingerprint density at radius 3 is 1.24 bits per heavy atom. The summed E-state index contributed by atoms with van der Waals surface area (Å²) in [4.78, 5) is 48.5. The second kappa shape index (κ2) is 10.5. The summed E-state index contributed by atoms with van der Waals surface area (Å²) in [6.07, 6.45) is 0. The number of carbonyl (C=O) groups is 4. The van der Waals surface area contributed by atoms with Crippen molar-refractivity contribution in [3.8, 4) is 11.1 Å². The highest BCUT2D eigenvalue weighted by Gasteiger charge is 2.14. The van der Waals surface area contributed by atoms with Crippen molar-refractivity contribution < 1.29 is 19.2 Å². The number of primary amides is 2. The predicted octanol–water partition coefficient (Wildman–Crippen LogP) is 3.22. The van der Waals surface area contributed by atoms with Gasteiger partial charge in [0.1, 0.15) is 0 Å². The SMILES string of the molecule is NC(=O)c1cccc(C(=O)Nc2cc(-c3ccc(N)c(NC(=O)c4cccc(C(N)=O)c4)c3)ccc2N)c1. The number of nitrogens with one attached hydrogen (secondary N) is 2. The molecule has 0 bridgehead atoms. The van der Waals surface area contributed by atoms with E-state index in [2.05, 4.69) is 10.6 Å². The number of amides is 4. The Labute approximate surface area is 217 Å². The van der Waals surface area contributed by atoms with E-state index in [9.17, 15) is 19.2 Å². The maximum absolute atomic E-state index is 12.8. The number of carbonyl (C=O) groups excluding carboxylic acids is 4. The summed E-state index contributed by atoms with van der Waals surface area (Å²) in [5, 5.41) is 5.50. The molecule has 0 saturated carbocycles. The highest BCUT2D eigenvalue weighted by Crippen LogP contribution is 2.31. The third kappa shape index (κ3) is 5.60. The van der Waals surface area contributed by atoms with Crippen LogP contribution in [0.4, 0.5) is 22.7 Å². The molecule has 4 amide bonds. The summed E-state index contributed by atoms with van der Waals surface area (Å²) in [6.45, 7) is 0. The van der Waals surface area contributed by atoms with E-state index in [1.54, 1.807) is 60.7 Å². The van der Waals surface area contributed by atoms with Gasteiger partial charge in [-0.25, -0.2) is 0 Å². The van der Waals surface area contributed by atoms with Crippen molar-refractivity contribution in [2.24, 2.45) is 11.5 Å². The van der Waals surface area contributed by atoms with Gasteiger partial charge < -0.3 is 33.6 Å². The van der Waals surface area contributed by atoms with Gasteiger partial charge >= 0.3 is 0 Å². The monoisotopic (exact) mass is 508 g/mol. The van der Waals surface area contributed by atoms with Crippen LogP contribution in [0.3, 0.4) is 0 Å². The van der Waals surface area contributed by atoms with Gasteiger partial charge in [-0.05, 0) is 71.8 Å². The summed E-state index contributed by atoms with van der Waals surface area (Å²) in [5.74, 6) is -2.23. The lowest BCUT2D eigenvalue weighted by molar-refractivity contribution is 0.0990. The van der Waals surface area contributed by atoms with Crippen LogP contribution in [0, 0.1) is 0 Å². The molecule has 4 aromatic carbocycles. The van der Waals surface area contributed by atoms with Crippen LogP contribution in [0.25, 0.3) is 11.1 Å². The Morgan fingerprint density at radius 1 is 0.500 bits per heavy atom. The molecule has 38 heavy (non-hydrogen) atoms. The van der Waals surface area contributed by atoms with Crippen molar-refractivity contribution in [1.29, 1.82) is 0 Å². The zero-order chi connectivity index (χ0) is 27.4. The van der Waals surface area contributed by atoms with Crippen LogP contribution in [-0.4, -0.2) is 23.6 Å². The number of anilines is 4. The molecule has 0 radical (unpaired) electrons. The Hall–Kier alpha value is -5.64. The van der Waals surface area contributed by atoms with E-state index in [0.717, 1.165) is 0 Å². The molecule has 10 heteroatoms. The molecule has 0 atom stereocenters. The number of nitrogen functional groups attached to an aromatic ring is 2. The first-order valence-corrected chi connectivity index (χ1v) is 11.3. The summed E-state index contributed by atoms with van der Waals surface area (Å²) >= 11 is 0. The Bertz CT molecular complexity index is 1480. The number of nitrogens with two attached hydrogens (primary N) is 4. The fourth-order valence-electron chi connectivity index (χ4n) is 3.70. The molecule has 190 valence electrons. The van der Waals surface area contributed by atoms with Crippen molar-refractivity contribution in [2.45, 2.75) is 0 Å². The molecule has 0 aliphatic heterocycles. The van der Waals surface area contributed by atoms with E-state index in [0.29, 0.717) is 33.9 Å². The first kappa shape index (κ1) is 25.5. The van der Waals surface area contributed by atoms with Crippen LogP contribution in [0.15, 0.2) is 84.9 Å². The average molecular weight is 509 g/mol. The molecule has 4 rings (SSSR count). The third-order valence-electron chi connectivity index (χ3n) is 5.75. The summed E-state index contributed by atoms with van der Waals surface area (Å²) in [6, 6.07) is 22.2. The minimum absolute atomic E-state index is 0.206. The van der Waals surface area contributed by atoms with Crippen molar-refractivity contribution in [3.63, 3.8) is 0 Å². The van der Waals surface area contributed by atoms with Gasteiger partial charge in [-0.3, -0.25) is 19.2 Å². The predicted molar refractivity (Wildman–Crippen MR) is 147 cm³/mol. The molecular formula is C28H24N6O4. The van der Waals surface area contributed by atoms with Crippen LogP contribution < -0.4 is 33.6 Å². The average Bonchev–Trinajstić information content (AvgIpc) is 2.91. The zero-order valence-electron chi connectivity index (χ0n) is 20.0. The standard InChI is InChI=1S/C28H24N6O4/c29-21-9-7-15(13-23(21)33-27(37)19-5-1-3-17(11-19)25(31)35)16-8-10-22(30)24(14-16)34-28(38)20-6-2-4-18(12-20)26(32)36/h1-14H,29-30H2,(H2,31,35)(H2,32,36)(H,33,37)(H,34,38). The highest BCUT2D eigenvalue weighted by molar-refractivity contribution is 6.09. The van der Waals surface area contributed by atoms with Gasteiger partial charge in [-0.1, -0.05) is 24.3 Å². The highest BCUT2D eigenvalue weighted by atomic mass is 16.2. The second-order valence-electron chi connectivity index (χ2n) is 8.40. The molecule has 0 unspecified atom stereocenters. The van der Waals surface area contributed by atoms with Crippen LogP contribution in [0.1, 0.15) is 41.4 Å². The van der Waals surface area contributed by atoms with Gasteiger partial charge in [0.2, 0.25) is 11.8 Å². The summed E-state index contributed by atoms with van der Waals surface area (Å²) in [7, 11) is 0. The van der Waals surface area contributed by atoms with E-state index in [4.69, 9.17) is 22.9 Å². The largest absolute Gasteiger partial charge is 0.397 e. The van der Waals surface area contributed by atoms with Crippen molar-refractivity contribution in [2.75, 3.05) is 22.1 Å². The number of hydrogen-bond donors (Lipinski definition) is 6. The molecular weight excluding hydrogens is 484 g/mol. The third-order valence-corrected chi connectivity index (χ3v) is 5.75. The van der Waals surface area contributed by atoms with Gasteiger partial charge in [0, 0.05) is 22.3 Å². The van der Waals surface area contributed by atoms with Crippen molar-refractivity contribution in [1.82, 2.24) is 0 Å². The smallest absolute Gasteiger partial charge is 0.255 e. The lowest BCUT2D eigenvalue weighted by atomic mass is 10.0. The maximum atomic E-state index is 12.8. The quantitative estimate of drug-likeness (QED) is 0.207. The molecule has 0 saturated heterocycles. The van der Waals surface area contributed by atoms with Crippen LogP contribution in [0.2, 0.25) is 0 Å². The number of rotatable bonds is 7. The molecule has 0 heterocycles. The topological polar surface area (TPSA) is 196 Å². The number of benzene rings is 4. The Kier molecular flexibility index (Phi) is 7.06. The van der Waals surface area contributed by atoms with E-state index >= 15 is 0 Å². The van der Waals surface area contributed by atoms with Crippen molar-refractivity contribution >= 4 is 46.4 Å². The molecule has 0 aliphatic carbocycles. The van der Waals surface area contributed by atoms with Gasteiger partial charge in [0.25, 0.3) is 11.8 Å². The molecule has 0 spiro atoms.